The van der Waals surface area contributed by atoms with Gasteiger partial charge in [0.05, 0.1) is 12.0 Å². The van der Waals surface area contributed by atoms with Gasteiger partial charge < -0.3 is 20.2 Å². The highest BCUT2D eigenvalue weighted by Crippen LogP contribution is 2.38. The summed E-state index contributed by atoms with van der Waals surface area (Å²) in [6.45, 7) is 2.36. The van der Waals surface area contributed by atoms with Gasteiger partial charge in [-0.05, 0) is 31.4 Å². The third-order valence-corrected chi connectivity index (χ3v) is 6.59. The number of likely N-dealkylation sites (N-methyl/N-ethyl adjacent to an activating group) is 1. The van der Waals surface area contributed by atoms with Gasteiger partial charge in [0, 0.05) is 33.2 Å². The van der Waals surface area contributed by atoms with E-state index in [9.17, 15) is 19.5 Å². The molecule has 4 rings (SSSR count). The molecule has 0 unspecified atom stereocenters. The first-order valence-corrected chi connectivity index (χ1v) is 10.3. The summed E-state index contributed by atoms with van der Waals surface area (Å²) in [5.74, 6) is -0.703. The number of carbonyl (C=O) groups is 3. The van der Waals surface area contributed by atoms with Gasteiger partial charge in [0.25, 0.3) is 5.91 Å². The van der Waals surface area contributed by atoms with Crippen molar-refractivity contribution in [3.63, 3.8) is 0 Å². The Morgan fingerprint density at radius 2 is 1.90 bits per heavy atom. The van der Waals surface area contributed by atoms with Crippen LogP contribution in [0.15, 0.2) is 30.3 Å². The van der Waals surface area contributed by atoms with Crippen molar-refractivity contribution in [2.75, 3.05) is 33.2 Å². The first-order valence-electron chi connectivity index (χ1n) is 10.3. The highest BCUT2D eigenvalue weighted by molar-refractivity contribution is 6.06. The summed E-state index contributed by atoms with van der Waals surface area (Å²) in [5, 5.41) is 13.4. The number of hydrogen-bond acceptors (Lipinski definition) is 5. The van der Waals surface area contributed by atoms with E-state index in [1.54, 1.807) is 9.80 Å². The molecule has 1 aromatic rings. The number of aliphatic hydroxyl groups is 1. The molecule has 1 spiro atoms. The Balaban J connectivity index is 1.50. The molecule has 29 heavy (non-hydrogen) atoms. The lowest BCUT2D eigenvalue weighted by Gasteiger charge is -2.43. The van der Waals surface area contributed by atoms with Crippen LogP contribution >= 0.6 is 0 Å². The molecular weight excluding hydrogens is 372 g/mol. The fourth-order valence-electron chi connectivity index (χ4n) is 4.78. The van der Waals surface area contributed by atoms with Gasteiger partial charge in [-0.15, -0.1) is 0 Å². The van der Waals surface area contributed by atoms with Crippen molar-refractivity contribution < 1.29 is 19.5 Å². The summed E-state index contributed by atoms with van der Waals surface area (Å²) in [6.07, 6.45) is 0.764. The number of piperidine rings is 2. The average Bonchev–Trinajstić information content (AvgIpc) is 2.91. The van der Waals surface area contributed by atoms with Crippen molar-refractivity contribution in [2.45, 2.75) is 37.5 Å². The van der Waals surface area contributed by atoms with Crippen LogP contribution in [0.3, 0.4) is 0 Å². The van der Waals surface area contributed by atoms with Crippen LogP contribution in [0.1, 0.15) is 24.8 Å². The Hall–Kier alpha value is -2.45. The van der Waals surface area contributed by atoms with Crippen molar-refractivity contribution in [3.8, 4) is 0 Å². The van der Waals surface area contributed by atoms with Crippen LogP contribution in [0, 0.1) is 5.92 Å². The molecule has 0 aliphatic carbocycles. The van der Waals surface area contributed by atoms with Gasteiger partial charge in [-0.2, -0.15) is 0 Å². The van der Waals surface area contributed by atoms with E-state index < -0.39 is 17.6 Å². The predicted octanol–water partition coefficient (Wildman–Crippen LogP) is 0.412. The van der Waals surface area contributed by atoms with Gasteiger partial charge in [0.15, 0.2) is 0 Å². The molecule has 8 nitrogen and oxygen atoms in total. The number of nitrogens with zero attached hydrogens (tertiary/aromatic N) is 3. The molecule has 0 saturated carbocycles. The summed E-state index contributed by atoms with van der Waals surface area (Å²) >= 11 is 0. The van der Waals surface area contributed by atoms with E-state index in [2.05, 4.69) is 5.32 Å². The van der Waals surface area contributed by atoms with Gasteiger partial charge in [0.1, 0.15) is 5.54 Å². The number of nitrogens with one attached hydrogen (secondary N) is 1. The third-order valence-electron chi connectivity index (χ3n) is 6.59. The smallest absolute Gasteiger partial charge is 0.327 e. The van der Waals surface area contributed by atoms with Crippen LogP contribution in [0.2, 0.25) is 0 Å². The Bertz CT molecular complexity index is 791. The van der Waals surface area contributed by atoms with Gasteiger partial charge in [0.2, 0.25) is 5.91 Å². The Morgan fingerprint density at radius 1 is 1.21 bits per heavy atom. The maximum atomic E-state index is 13.0. The molecule has 3 aliphatic rings. The average molecular weight is 400 g/mol. The quantitative estimate of drug-likeness (QED) is 0.717. The zero-order chi connectivity index (χ0) is 20.6. The number of likely N-dealkylation sites (tertiary alicyclic amines) is 1. The molecule has 0 bridgehead atoms. The zero-order valence-electron chi connectivity index (χ0n) is 16.7. The molecular formula is C21H28N4O4. The topological polar surface area (TPSA) is 93.2 Å². The number of aliphatic hydroxyl groups excluding tert-OH is 1. The van der Waals surface area contributed by atoms with E-state index in [1.807, 2.05) is 30.3 Å². The number of amides is 4. The first kappa shape index (κ1) is 19.8. The number of hydrogen-bond donors (Lipinski definition) is 2. The second-order valence-electron chi connectivity index (χ2n) is 8.24. The minimum Gasteiger partial charge on any atom is -0.392 e. The Morgan fingerprint density at radius 3 is 2.55 bits per heavy atom. The van der Waals surface area contributed by atoms with Gasteiger partial charge >= 0.3 is 6.03 Å². The second kappa shape index (κ2) is 7.76. The van der Waals surface area contributed by atoms with Crippen molar-refractivity contribution in [2.24, 2.45) is 5.92 Å². The molecule has 0 aromatic heterocycles. The molecule has 3 aliphatic heterocycles. The molecule has 1 aromatic carbocycles. The number of urea groups is 1. The van der Waals surface area contributed by atoms with E-state index in [-0.39, 0.29) is 17.8 Å². The summed E-state index contributed by atoms with van der Waals surface area (Å²) in [5.41, 5.74) is 0.0697. The fourth-order valence-corrected chi connectivity index (χ4v) is 4.78. The molecule has 2 atom stereocenters. The van der Waals surface area contributed by atoms with Crippen LogP contribution in [0.4, 0.5) is 4.79 Å². The lowest BCUT2D eigenvalue weighted by Crippen LogP contribution is -2.59. The van der Waals surface area contributed by atoms with Gasteiger partial charge in [-0.1, -0.05) is 30.3 Å². The van der Waals surface area contributed by atoms with Crippen LogP contribution in [-0.4, -0.2) is 82.5 Å². The number of rotatable bonds is 3. The first-order chi connectivity index (χ1) is 13.9. The lowest BCUT2D eigenvalue weighted by molar-refractivity contribution is -0.146. The van der Waals surface area contributed by atoms with E-state index in [4.69, 9.17) is 0 Å². The summed E-state index contributed by atoms with van der Waals surface area (Å²) in [6, 6.07) is 9.35. The molecule has 156 valence electrons. The zero-order valence-corrected chi connectivity index (χ0v) is 16.7. The number of benzene rings is 1. The number of carbonyl (C=O) groups excluding carboxylic acids is 3. The number of imide groups is 1. The maximum absolute atomic E-state index is 13.0. The van der Waals surface area contributed by atoms with Gasteiger partial charge in [-0.3, -0.25) is 14.5 Å². The normalized spacial score (nSPS) is 27.0. The Kier molecular flexibility index (Phi) is 5.31. The highest BCUT2D eigenvalue weighted by atomic mass is 16.3. The van der Waals surface area contributed by atoms with Crippen LogP contribution in [0.25, 0.3) is 0 Å². The molecule has 4 amide bonds. The molecule has 8 heteroatoms. The van der Waals surface area contributed by atoms with Crippen molar-refractivity contribution in [1.29, 1.82) is 0 Å². The molecule has 3 heterocycles. The molecule has 3 saturated heterocycles. The lowest BCUT2D eigenvalue weighted by atomic mass is 9.84. The van der Waals surface area contributed by atoms with E-state index in [1.165, 1.54) is 11.9 Å². The van der Waals surface area contributed by atoms with Crippen molar-refractivity contribution in [1.82, 2.24) is 20.0 Å². The molecule has 0 radical (unpaired) electrons. The summed E-state index contributed by atoms with van der Waals surface area (Å²) in [4.78, 5) is 43.4. The largest absolute Gasteiger partial charge is 0.392 e. The second-order valence-corrected chi connectivity index (χ2v) is 8.24. The highest BCUT2D eigenvalue weighted by Gasteiger charge is 2.57. The molecule has 3 fully saturated rings. The molecule has 2 N–H and O–H groups in total. The minimum absolute atomic E-state index is 0.0701. The monoisotopic (exact) mass is 400 g/mol. The predicted molar refractivity (Wildman–Crippen MR) is 106 cm³/mol. The van der Waals surface area contributed by atoms with Crippen molar-refractivity contribution >= 4 is 17.8 Å². The summed E-state index contributed by atoms with van der Waals surface area (Å²) in [7, 11) is 1.53. The standard InChI is InChI=1S/C21H28N4O4/c1-23-19(28)21(25(20(23)29)14-15-5-3-2-4-6-15)8-11-24(12-9-21)18(27)16-13-22-10-7-17(16)26/h2-6,16-17,22,26H,7-14H2,1H3/t16-,17+/m0/s1. The minimum atomic E-state index is -0.901. The van der Waals surface area contributed by atoms with Crippen LogP contribution < -0.4 is 5.32 Å². The third kappa shape index (κ3) is 3.40. The fraction of sp³-hybridized carbons (Fsp3) is 0.571. The van der Waals surface area contributed by atoms with Crippen molar-refractivity contribution in [3.05, 3.63) is 35.9 Å². The maximum Gasteiger partial charge on any atom is 0.327 e. The van der Waals surface area contributed by atoms with E-state index in [0.717, 1.165) is 5.56 Å². The van der Waals surface area contributed by atoms with E-state index in [0.29, 0.717) is 52.0 Å². The SMILES string of the molecule is CN1C(=O)N(Cc2ccccc2)C2(CCN(C(=O)[C@H]3CNCC[C@H]3O)CC2)C1=O. The van der Waals surface area contributed by atoms with E-state index >= 15 is 0 Å². The summed E-state index contributed by atoms with van der Waals surface area (Å²) < 4.78 is 0. The van der Waals surface area contributed by atoms with Gasteiger partial charge in [-0.25, -0.2) is 4.79 Å². The Labute approximate surface area is 170 Å². The van der Waals surface area contributed by atoms with Crippen LogP contribution in [-0.2, 0) is 16.1 Å². The van der Waals surface area contributed by atoms with Crippen LogP contribution in [0.5, 0.6) is 0 Å².